The molecule has 0 radical (unpaired) electrons. The van der Waals surface area contributed by atoms with E-state index in [0.717, 1.165) is 6.42 Å². The van der Waals surface area contributed by atoms with Crippen molar-refractivity contribution in [3.8, 4) is 0 Å². The van der Waals surface area contributed by atoms with Gasteiger partial charge in [0.25, 0.3) is 0 Å². The Labute approximate surface area is 137 Å². The van der Waals surface area contributed by atoms with Crippen LogP contribution >= 0.6 is 0 Å². The standard InChI is InChI=1S/C21H22N2/c1-14-18(16-9-5-7-11-20(16)22(14)3)13-19-15(2)23(4)21-12-8-6-10-17(19)21/h5-12H,13H2,1-4H3. The van der Waals surface area contributed by atoms with Gasteiger partial charge in [-0.05, 0) is 37.1 Å². The molecule has 2 aromatic heterocycles. The third kappa shape index (κ3) is 1.94. The molecule has 4 rings (SSSR count). The number of nitrogens with zero attached hydrogens (tertiary/aromatic N) is 2. The Morgan fingerprint density at radius 1 is 0.652 bits per heavy atom. The molecule has 0 atom stereocenters. The number of para-hydroxylation sites is 2. The second kappa shape index (κ2) is 5.02. The average Bonchev–Trinajstić information content (AvgIpc) is 2.97. The first kappa shape index (κ1) is 14.1. The molecule has 0 aliphatic rings. The van der Waals surface area contributed by atoms with Gasteiger partial charge >= 0.3 is 0 Å². The lowest BCUT2D eigenvalue weighted by atomic mass is 9.99. The molecule has 0 saturated heterocycles. The number of hydrogen-bond donors (Lipinski definition) is 0. The van der Waals surface area contributed by atoms with E-state index in [-0.39, 0.29) is 0 Å². The van der Waals surface area contributed by atoms with Crippen LogP contribution in [0.5, 0.6) is 0 Å². The quantitative estimate of drug-likeness (QED) is 0.499. The minimum Gasteiger partial charge on any atom is -0.348 e. The highest BCUT2D eigenvalue weighted by Crippen LogP contribution is 2.32. The fourth-order valence-electron chi connectivity index (χ4n) is 3.82. The van der Waals surface area contributed by atoms with Gasteiger partial charge < -0.3 is 9.13 Å². The Balaban J connectivity index is 1.96. The molecule has 2 heteroatoms. The first-order valence-electron chi connectivity index (χ1n) is 8.15. The van der Waals surface area contributed by atoms with E-state index >= 15 is 0 Å². The molecular formula is C21H22N2. The van der Waals surface area contributed by atoms with Crippen LogP contribution in [0.3, 0.4) is 0 Å². The molecule has 2 heterocycles. The zero-order valence-corrected chi connectivity index (χ0v) is 14.2. The normalized spacial score (nSPS) is 11.7. The Bertz CT molecular complexity index is 947. The fourth-order valence-corrected chi connectivity index (χ4v) is 3.82. The molecule has 0 saturated carbocycles. The zero-order chi connectivity index (χ0) is 16.1. The summed E-state index contributed by atoms with van der Waals surface area (Å²) in [6.07, 6.45) is 0.986. The summed E-state index contributed by atoms with van der Waals surface area (Å²) in [5.74, 6) is 0. The molecule has 0 unspecified atom stereocenters. The summed E-state index contributed by atoms with van der Waals surface area (Å²) in [6, 6.07) is 17.4. The van der Waals surface area contributed by atoms with Crippen LogP contribution in [0.4, 0.5) is 0 Å². The molecule has 116 valence electrons. The second-order valence-corrected chi connectivity index (χ2v) is 6.46. The molecule has 0 amide bonds. The van der Waals surface area contributed by atoms with Crippen LogP contribution in [0, 0.1) is 13.8 Å². The molecule has 0 aliphatic carbocycles. The van der Waals surface area contributed by atoms with Gasteiger partial charge in [0.2, 0.25) is 0 Å². The number of benzene rings is 2. The van der Waals surface area contributed by atoms with E-state index in [1.54, 1.807) is 0 Å². The highest BCUT2D eigenvalue weighted by molar-refractivity contribution is 5.89. The van der Waals surface area contributed by atoms with E-state index in [9.17, 15) is 0 Å². The van der Waals surface area contributed by atoms with Crippen LogP contribution in [0.15, 0.2) is 48.5 Å². The smallest absolute Gasteiger partial charge is 0.0482 e. The van der Waals surface area contributed by atoms with Crippen molar-refractivity contribution in [2.45, 2.75) is 20.3 Å². The van der Waals surface area contributed by atoms with Crippen LogP contribution in [0.1, 0.15) is 22.5 Å². The Morgan fingerprint density at radius 3 is 1.48 bits per heavy atom. The lowest BCUT2D eigenvalue weighted by Crippen LogP contribution is -1.96. The zero-order valence-electron chi connectivity index (χ0n) is 14.2. The molecule has 2 nitrogen and oxygen atoms in total. The maximum Gasteiger partial charge on any atom is 0.0482 e. The van der Waals surface area contributed by atoms with Gasteiger partial charge in [-0.2, -0.15) is 0 Å². The van der Waals surface area contributed by atoms with Crippen LogP contribution in [-0.4, -0.2) is 9.13 Å². The van der Waals surface area contributed by atoms with Gasteiger partial charge in [0.1, 0.15) is 0 Å². The monoisotopic (exact) mass is 302 g/mol. The van der Waals surface area contributed by atoms with Crippen molar-refractivity contribution in [2.24, 2.45) is 14.1 Å². The lowest BCUT2D eigenvalue weighted by Gasteiger charge is -2.05. The van der Waals surface area contributed by atoms with E-state index in [1.807, 2.05) is 0 Å². The Morgan fingerprint density at radius 2 is 1.04 bits per heavy atom. The van der Waals surface area contributed by atoms with Crippen molar-refractivity contribution in [1.29, 1.82) is 0 Å². The minimum atomic E-state index is 0.986. The first-order valence-corrected chi connectivity index (χ1v) is 8.15. The minimum absolute atomic E-state index is 0.986. The largest absolute Gasteiger partial charge is 0.348 e. The van der Waals surface area contributed by atoms with Crippen molar-refractivity contribution in [3.63, 3.8) is 0 Å². The van der Waals surface area contributed by atoms with Crippen LogP contribution in [-0.2, 0) is 20.5 Å². The van der Waals surface area contributed by atoms with Gasteiger partial charge in [0, 0.05) is 53.7 Å². The molecule has 0 aliphatic heterocycles. The van der Waals surface area contributed by atoms with Crippen LogP contribution in [0.2, 0.25) is 0 Å². The number of aromatic nitrogens is 2. The summed E-state index contributed by atoms with van der Waals surface area (Å²) >= 11 is 0. The predicted octanol–water partition coefficient (Wildman–Crippen LogP) is 4.88. The van der Waals surface area contributed by atoms with Gasteiger partial charge in [-0.25, -0.2) is 0 Å². The van der Waals surface area contributed by atoms with Crippen molar-refractivity contribution in [3.05, 3.63) is 71.0 Å². The summed E-state index contributed by atoms with van der Waals surface area (Å²) in [6.45, 7) is 4.46. The van der Waals surface area contributed by atoms with Crippen molar-refractivity contribution >= 4 is 21.8 Å². The van der Waals surface area contributed by atoms with E-state index in [4.69, 9.17) is 0 Å². The summed E-state index contributed by atoms with van der Waals surface area (Å²) in [4.78, 5) is 0. The second-order valence-electron chi connectivity index (χ2n) is 6.46. The van der Waals surface area contributed by atoms with Gasteiger partial charge in [-0.15, -0.1) is 0 Å². The van der Waals surface area contributed by atoms with E-state index in [1.165, 1.54) is 44.3 Å². The highest BCUT2D eigenvalue weighted by Gasteiger charge is 2.17. The third-order valence-corrected chi connectivity index (χ3v) is 5.41. The van der Waals surface area contributed by atoms with Crippen molar-refractivity contribution in [2.75, 3.05) is 0 Å². The van der Waals surface area contributed by atoms with Crippen LogP contribution in [0.25, 0.3) is 21.8 Å². The Hall–Kier alpha value is -2.48. The molecule has 0 N–H and O–H groups in total. The van der Waals surface area contributed by atoms with E-state index < -0.39 is 0 Å². The SMILES string of the molecule is Cc1c(Cc2c(C)n(C)c3ccccc23)c2ccccc2n1C. The number of fused-ring (bicyclic) bond motifs is 2. The highest BCUT2D eigenvalue weighted by atomic mass is 15.0. The maximum absolute atomic E-state index is 2.31. The maximum atomic E-state index is 2.31. The lowest BCUT2D eigenvalue weighted by molar-refractivity contribution is 0.889. The fraction of sp³-hybridized carbons (Fsp3) is 0.238. The topological polar surface area (TPSA) is 9.86 Å². The van der Waals surface area contributed by atoms with Gasteiger partial charge in [0.05, 0.1) is 0 Å². The number of aryl methyl sites for hydroxylation is 2. The van der Waals surface area contributed by atoms with E-state index in [0.29, 0.717) is 0 Å². The summed E-state index contributed by atoms with van der Waals surface area (Å²) in [5.41, 5.74) is 8.25. The summed E-state index contributed by atoms with van der Waals surface area (Å²) < 4.78 is 4.62. The van der Waals surface area contributed by atoms with Gasteiger partial charge in [-0.3, -0.25) is 0 Å². The predicted molar refractivity (Wildman–Crippen MR) is 98.1 cm³/mol. The summed E-state index contributed by atoms with van der Waals surface area (Å²) in [7, 11) is 4.33. The third-order valence-electron chi connectivity index (χ3n) is 5.41. The molecule has 0 spiro atoms. The molecule has 0 bridgehead atoms. The van der Waals surface area contributed by atoms with E-state index in [2.05, 4.69) is 85.6 Å². The average molecular weight is 302 g/mol. The van der Waals surface area contributed by atoms with Crippen molar-refractivity contribution in [1.82, 2.24) is 9.13 Å². The molecular weight excluding hydrogens is 280 g/mol. The molecule has 2 aromatic carbocycles. The number of rotatable bonds is 2. The molecule has 23 heavy (non-hydrogen) atoms. The first-order chi connectivity index (χ1) is 11.1. The number of hydrogen-bond acceptors (Lipinski definition) is 0. The molecule has 0 fully saturated rings. The van der Waals surface area contributed by atoms with Crippen molar-refractivity contribution < 1.29 is 0 Å². The van der Waals surface area contributed by atoms with Gasteiger partial charge in [-0.1, -0.05) is 36.4 Å². The Kier molecular flexibility index (Phi) is 3.08. The van der Waals surface area contributed by atoms with Gasteiger partial charge in [0.15, 0.2) is 0 Å². The summed E-state index contributed by atoms with van der Waals surface area (Å²) in [5, 5.41) is 2.75. The molecule has 4 aromatic rings. The van der Waals surface area contributed by atoms with Crippen LogP contribution < -0.4 is 0 Å².